The second kappa shape index (κ2) is 9.62. The van der Waals surface area contributed by atoms with E-state index in [1.807, 2.05) is 0 Å². The molecule has 0 fully saturated rings. The molecule has 0 aliphatic heterocycles. The van der Waals surface area contributed by atoms with Crippen molar-refractivity contribution in [3.05, 3.63) is 44.9 Å². The Morgan fingerprint density at radius 1 is 1.18 bits per heavy atom. The molecule has 4 aromatic heterocycles. The van der Waals surface area contributed by atoms with Crippen LogP contribution in [0, 0.1) is 13.8 Å². The number of pyridine rings is 1. The minimum atomic E-state index is -4.85. The minimum Gasteiger partial charge on any atom is -0.365 e. The van der Waals surface area contributed by atoms with Crippen LogP contribution in [0.15, 0.2) is 12.3 Å². The number of nitrogens with zero attached hydrogens (tertiary/aromatic N) is 5. The van der Waals surface area contributed by atoms with Crippen molar-refractivity contribution < 1.29 is 31.5 Å². The van der Waals surface area contributed by atoms with E-state index in [0.29, 0.717) is 22.6 Å². The van der Waals surface area contributed by atoms with Gasteiger partial charge >= 0.3 is 6.18 Å². The van der Waals surface area contributed by atoms with E-state index in [1.54, 1.807) is 20.2 Å². The monoisotopic (exact) mass is 575 g/mol. The molecule has 38 heavy (non-hydrogen) atoms. The Labute approximate surface area is 220 Å². The smallest absolute Gasteiger partial charge is 0.365 e. The number of nitrogens with two attached hydrogens (primary N) is 1. The van der Waals surface area contributed by atoms with Crippen molar-refractivity contribution in [2.45, 2.75) is 39.4 Å². The van der Waals surface area contributed by atoms with Gasteiger partial charge in [-0.05, 0) is 32.4 Å². The molecular weight excluding hydrogens is 557 g/mol. The van der Waals surface area contributed by atoms with Crippen molar-refractivity contribution in [1.29, 1.82) is 0 Å². The molecule has 0 aliphatic rings. The van der Waals surface area contributed by atoms with Crippen LogP contribution in [-0.2, 0) is 18.0 Å². The summed E-state index contributed by atoms with van der Waals surface area (Å²) in [6, 6.07) is -0.197. The number of alkyl halides is 5. The molecule has 1 atom stereocenters. The summed E-state index contributed by atoms with van der Waals surface area (Å²) in [7, 11) is 1.63. The summed E-state index contributed by atoms with van der Waals surface area (Å²) < 4.78 is 69.5. The van der Waals surface area contributed by atoms with Crippen LogP contribution in [0.4, 0.5) is 27.6 Å². The molecule has 0 aromatic carbocycles. The fraction of sp³-hybridized carbons (Fsp3) is 0.318. The van der Waals surface area contributed by atoms with E-state index in [4.69, 9.17) is 17.3 Å². The third-order valence-corrected chi connectivity index (χ3v) is 7.32. The third-order valence-electron chi connectivity index (χ3n) is 5.77. The Hall–Kier alpha value is -3.59. The summed E-state index contributed by atoms with van der Waals surface area (Å²) in [6.07, 6.45) is -6.22. The maximum Gasteiger partial charge on any atom is 0.436 e. The van der Waals surface area contributed by atoms with E-state index in [9.17, 15) is 31.5 Å². The summed E-state index contributed by atoms with van der Waals surface area (Å²) in [5.74, 6) is -1.84. The van der Waals surface area contributed by atoms with Gasteiger partial charge < -0.3 is 11.1 Å². The molecule has 1 unspecified atom stereocenters. The quantitative estimate of drug-likeness (QED) is 0.298. The lowest BCUT2D eigenvalue weighted by Crippen LogP contribution is -2.26. The Morgan fingerprint density at radius 3 is 2.34 bits per heavy atom. The zero-order valence-electron chi connectivity index (χ0n) is 20.1. The highest BCUT2D eigenvalue weighted by Crippen LogP contribution is 2.43. The van der Waals surface area contributed by atoms with Gasteiger partial charge in [0.25, 0.3) is 12.3 Å². The lowest BCUT2D eigenvalue weighted by molar-refractivity contribution is -0.141. The molecule has 4 aromatic rings. The second-order valence-corrected chi connectivity index (χ2v) is 9.78. The van der Waals surface area contributed by atoms with Crippen molar-refractivity contribution in [2.24, 2.45) is 12.8 Å². The number of primary amides is 1. The van der Waals surface area contributed by atoms with Crippen LogP contribution in [0.3, 0.4) is 0 Å². The molecule has 0 aliphatic carbocycles. The summed E-state index contributed by atoms with van der Waals surface area (Å²) in [5.41, 5.74) is 4.49. The molecule has 0 bridgehead atoms. The number of amides is 2. The van der Waals surface area contributed by atoms with Gasteiger partial charge in [0.05, 0.1) is 22.1 Å². The third kappa shape index (κ3) is 4.71. The van der Waals surface area contributed by atoms with Gasteiger partial charge in [-0.2, -0.15) is 23.4 Å². The lowest BCUT2D eigenvalue weighted by Gasteiger charge is -2.16. The maximum atomic E-state index is 13.7. The molecule has 0 radical (unpaired) electrons. The topological polar surface area (TPSA) is 121 Å². The summed E-state index contributed by atoms with van der Waals surface area (Å²) in [4.78, 5) is 29.3. The molecule has 202 valence electrons. The highest BCUT2D eigenvalue weighted by atomic mass is 35.5. The first kappa shape index (κ1) is 27.4. The molecule has 0 spiro atoms. The first-order chi connectivity index (χ1) is 17.6. The van der Waals surface area contributed by atoms with Gasteiger partial charge in [-0.1, -0.05) is 11.6 Å². The number of halogens is 6. The molecule has 9 nitrogen and oxygen atoms in total. The Kier molecular flexibility index (Phi) is 6.95. The molecule has 4 rings (SSSR count). The van der Waals surface area contributed by atoms with E-state index in [-0.39, 0.29) is 32.0 Å². The van der Waals surface area contributed by atoms with Gasteiger partial charge in [-0.3, -0.25) is 19.0 Å². The largest absolute Gasteiger partial charge is 0.436 e. The average Bonchev–Trinajstić information content (AvgIpc) is 3.45. The zero-order chi connectivity index (χ0) is 28.3. The summed E-state index contributed by atoms with van der Waals surface area (Å²) in [5, 5.41) is 9.71. The number of anilines is 1. The van der Waals surface area contributed by atoms with Crippen LogP contribution in [-0.4, -0.2) is 36.4 Å². The molecule has 16 heteroatoms. The molecule has 0 saturated carbocycles. The summed E-state index contributed by atoms with van der Waals surface area (Å²) in [6.45, 7) is 4.19. The Balaban J connectivity index is 1.88. The Bertz CT molecular complexity index is 1590. The number of nitrogens with one attached hydrogen (secondary N) is 1. The average molecular weight is 576 g/mol. The summed E-state index contributed by atoms with van der Waals surface area (Å²) >= 11 is 6.50. The van der Waals surface area contributed by atoms with E-state index in [1.165, 1.54) is 18.5 Å². The van der Waals surface area contributed by atoms with Crippen LogP contribution in [0.25, 0.3) is 21.3 Å². The SMILES string of the molecule is Cc1nn(C)cc1-c1cc(C(F)F)nc2sc(C(N)=O)c(NC(=O)C(C)n3nc(C(F)(F)F)c(Cl)c3C)c12. The Morgan fingerprint density at radius 2 is 1.84 bits per heavy atom. The molecular formula is C22H19ClF5N7O2S. The van der Waals surface area contributed by atoms with Crippen LogP contribution in [0.2, 0.25) is 5.02 Å². The fourth-order valence-electron chi connectivity index (χ4n) is 3.99. The van der Waals surface area contributed by atoms with E-state index in [0.717, 1.165) is 10.7 Å². The molecule has 3 N–H and O–H groups in total. The van der Waals surface area contributed by atoms with Crippen LogP contribution in [0.5, 0.6) is 0 Å². The zero-order valence-corrected chi connectivity index (χ0v) is 21.7. The van der Waals surface area contributed by atoms with E-state index < -0.39 is 46.9 Å². The number of hydrogen-bond acceptors (Lipinski definition) is 6. The van der Waals surface area contributed by atoms with Crippen LogP contribution in [0.1, 0.15) is 51.8 Å². The van der Waals surface area contributed by atoms with E-state index in [2.05, 4.69) is 20.5 Å². The number of hydrogen-bond donors (Lipinski definition) is 2. The first-order valence-electron chi connectivity index (χ1n) is 10.8. The fourth-order valence-corrected chi connectivity index (χ4v) is 5.24. The van der Waals surface area contributed by atoms with Gasteiger partial charge in [-0.15, -0.1) is 11.3 Å². The number of carbonyl (C=O) groups is 2. The standard InChI is InChI=1S/C22H19ClF5N7O2S/c1-7-11(6-34(4)32-7)10-5-12(18(24)25)30-21-13(10)15(16(38-21)19(29)36)31-20(37)9(3)35-8(2)14(23)17(33-35)22(26,27)28/h5-6,9,18H,1-4H3,(H2,29,36)(H,31,37). The van der Waals surface area contributed by atoms with E-state index >= 15 is 0 Å². The van der Waals surface area contributed by atoms with Crippen molar-refractivity contribution >= 4 is 50.7 Å². The number of fused-ring (bicyclic) bond motifs is 1. The van der Waals surface area contributed by atoms with Gasteiger partial charge in [0.1, 0.15) is 21.4 Å². The van der Waals surface area contributed by atoms with Crippen molar-refractivity contribution in [1.82, 2.24) is 24.5 Å². The highest BCUT2D eigenvalue weighted by Gasteiger charge is 2.39. The number of carbonyl (C=O) groups excluding carboxylic acids is 2. The highest BCUT2D eigenvalue weighted by molar-refractivity contribution is 7.21. The minimum absolute atomic E-state index is 0.00419. The van der Waals surface area contributed by atoms with Crippen molar-refractivity contribution in [3.8, 4) is 11.1 Å². The number of aromatic nitrogens is 5. The first-order valence-corrected chi connectivity index (χ1v) is 12.0. The second-order valence-electron chi connectivity index (χ2n) is 8.40. The van der Waals surface area contributed by atoms with Crippen molar-refractivity contribution in [3.63, 3.8) is 0 Å². The predicted octanol–water partition coefficient (Wildman–Crippen LogP) is 5.42. The molecule has 4 heterocycles. The van der Waals surface area contributed by atoms with Gasteiger partial charge in [0.15, 0.2) is 5.69 Å². The van der Waals surface area contributed by atoms with Gasteiger partial charge in [0, 0.05) is 24.2 Å². The van der Waals surface area contributed by atoms with Crippen LogP contribution >= 0.6 is 22.9 Å². The lowest BCUT2D eigenvalue weighted by atomic mass is 10.0. The van der Waals surface area contributed by atoms with Gasteiger partial charge in [-0.25, -0.2) is 13.8 Å². The number of thiophene rings is 1. The number of rotatable bonds is 6. The molecule has 2 amide bonds. The van der Waals surface area contributed by atoms with Gasteiger partial charge in [0.2, 0.25) is 5.91 Å². The maximum absolute atomic E-state index is 13.7. The van der Waals surface area contributed by atoms with Crippen LogP contribution < -0.4 is 11.1 Å². The number of aryl methyl sites for hydroxylation is 2. The molecule has 0 saturated heterocycles. The predicted molar refractivity (Wildman–Crippen MR) is 130 cm³/mol. The van der Waals surface area contributed by atoms with Crippen molar-refractivity contribution in [2.75, 3.05) is 5.32 Å². The normalized spacial score (nSPS) is 12.9.